The zero-order valence-corrected chi connectivity index (χ0v) is 17.9. The van der Waals surface area contributed by atoms with Crippen molar-refractivity contribution in [2.75, 3.05) is 7.11 Å². The molecule has 0 saturated heterocycles. The topological polar surface area (TPSA) is 27.1 Å². The molecule has 0 saturated carbocycles. The fourth-order valence-electron chi connectivity index (χ4n) is 4.39. The number of nitrogens with zero attached hydrogens (tertiary/aromatic N) is 2. The van der Waals surface area contributed by atoms with Gasteiger partial charge < -0.3 is 4.74 Å². The average Bonchev–Trinajstić information content (AvgIpc) is 3.37. The Kier molecular flexibility index (Phi) is 5.30. The van der Waals surface area contributed by atoms with Crippen LogP contribution in [-0.4, -0.2) is 16.9 Å². The van der Waals surface area contributed by atoms with Gasteiger partial charge in [0.2, 0.25) is 0 Å². The minimum Gasteiger partial charge on any atom is -0.497 e. The maximum Gasteiger partial charge on any atom is 0.138 e. The molecule has 0 atom stereocenters. The van der Waals surface area contributed by atoms with Crippen LogP contribution in [0.3, 0.4) is 0 Å². The van der Waals surface area contributed by atoms with Crippen LogP contribution in [0.25, 0.3) is 11.1 Å². The number of ether oxygens (including phenoxy) is 1. The molecule has 0 amide bonds. The zero-order valence-electron chi connectivity index (χ0n) is 17.9. The van der Waals surface area contributed by atoms with Gasteiger partial charge in [-0.25, -0.2) is 0 Å². The van der Waals surface area contributed by atoms with E-state index in [1.165, 1.54) is 0 Å². The standard InChI is InChI=1S/C29H24N2O/c1-32-28-19-11-12-23(20-28)24-21-30-31(22-24)29(25-13-5-2-6-14-25,26-15-7-3-8-16-26)27-17-9-4-10-18-27/h2-22H,1H3. The maximum atomic E-state index is 5.43. The Hall–Kier alpha value is -4.11. The molecule has 4 aromatic carbocycles. The largest absolute Gasteiger partial charge is 0.497 e. The number of benzene rings is 4. The van der Waals surface area contributed by atoms with E-state index in [0.717, 1.165) is 33.6 Å². The molecule has 5 aromatic rings. The second kappa shape index (κ2) is 8.56. The van der Waals surface area contributed by atoms with Crippen LogP contribution in [0.2, 0.25) is 0 Å². The fourth-order valence-corrected chi connectivity index (χ4v) is 4.39. The predicted molar refractivity (Wildman–Crippen MR) is 129 cm³/mol. The van der Waals surface area contributed by atoms with Crippen molar-refractivity contribution in [3.8, 4) is 16.9 Å². The Labute approximate surface area is 188 Å². The van der Waals surface area contributed by atoms with Gasteiger partial charge in [0.15, 0.2) is 0 Å². The van der Waals surface area contributed by atoms with Gasteiger partial charge in [-0.2, -0.15) is 5.10 Å². The Morgan fingerprint density at radius 3 is 1.66 bits per heavy atom. The molecule has 0 N–H and O–H groups in total. The van der Waals surface area contributed by atoms with Gasteiger partial charge in [0.1, 0.15) is 11.3 Å². The molecule has 0 fully saturated rings. The van der Waals surface area contributed by atoms with E-state index in [9.17, 15) is 0 Å². The minimum absolute atomic E-state index is 0.610. The first-order chi connectivity index (χ1) is 15.8. The maximum absolute atomic E-state index is 5.43. The van der Waals surface area contributed by atoms with Crippen LogP contribution >= 0.6 is 0 Å². The van der Waals surface area contributed by atoms with E-state index in [1.807, 2.05) is 24.4 Å². The first-order valence-corrected chi connectivity index (χ1v) is 10.7. The van der Waals surface area contributed by atoms with Crippen LogP contribution in [0.1, 0.15) is 16.7 Å². The Balaban J connectivity index is 1.79. The predicted octanol–water partition coefficient (Wildman–Crippen LogP) is 6.40. The van der Waals surface area contributed by atoms with Crippen LogP contribution < -0.4 is 4.74 Å². The lowest BCUT2D eigenvalue weighted by Crippen LogP contribution is -2.38. The zero-order chi connectivity index (χ0) is 21.8. The monoisotopic (exact) mass is 416 g/mol. The van der Waals surface area contributed by atoms with Gasteiger partial charge in [0.05, 0.1) is 13.3 Å². The van der Waals surface area contributed by atoms with Gasteiger partial charge in [-0.15, -0.1) is 0 Å². The summed E-state index contributed by atoms with van der Waals surface area (Å²) in [6.07, 6.45) is 4.06. The van der Waals surface area contributed by atoms with Crippen molar-refractivity contribution in [1.82, 2.24) is 9.78 Å². The van der Waals surface area contributed by atoms with Crippen LogP contribution in [0, 0.1) is 0 Å². The van der Waals surface area contributed by atoms with Crippen LogP contribution in [0.15, 0.2) is 128 Å². The van der Waals surface area contributed by atoms with Crippen molar-refractivity contribution >= 4 is 0 Å². The lowest BCUT2D eigenvalue weighted by Gasteiger charge is -2.36. The van der Waals surface area contributed by atoms with Crippen molar-refractivity contribution in [2.24, 2.45) is 0 Å². The Bertz CT molecular complexity index is 1200. The first-order valence-electron chi connectivity index (χ1n) is 10.7. The Morgan fingerprint density at radius 2 is 1.16 bits per heavy atom. The van der Waals surface area contributed by atoms with E-state index in [4.69, 9.17) is 9.84 Å². The first kappa shape index (κ1) is 19.8. The summed E-state index contributed by atoms with van der Waals surface area (Å²) in [6.45, 7) is 0. The second-order valence-corrected chi connectivity index (χ2v) is 7.71. The third kappa shape index (κ3) is 3.38. The van der Waals surface area contributed by atoms with Crippen LogP contribution in [0.5, 0.6) is 5.75 Å². The molecule has 0 bridgehead atoms. The summed E-state index contributed by atoms with van der Waals surface area (Å²) in [4.78, 5) is 0. The van der Waals surface area contributed by atoms with Crippen molar-refractivity contribution in [2.45, 2.75) is 5.54 Å². The van der Waals surface area contributed by atoms with Crippen LogP contribution in [0.4, 0.5) is 0 Å². The highest BCUT2D eigenvalue weighted by Crippen LogP contribution is 2.41. The molecule has 3 heteroatoms. The van der Waals surface area contributed by atoms with E-state index in [-0.39, 0.29) is 0 Å². The molecular weight excluding hydrogens is 392 g/mol. The van der Waals surface area contributed by atoms with Gasteiger partial charge >= 0.3 is 0 Å². The summed E-state index contributed by atoms with van der Waals surface area (Å²) in [7, 11) is 1.69. The summed E-state index contributed by atoms with van der Waals surface area (Å²) in [5, 5.41) is 4.93. The number of aromatic nitrogens is 2. The molecule has 1 heterocycles. The molecule has 0 radical (unpaired) electrons. The smallest absolute Gasteiger partial charge is 0.138 e. The van der Waals surface area contributed by atoms with Crippen LogP contribution in [-0.2, 0) is 5.54 Å². The number of methoxy groups -OCH3 is 1. The second-order valence-electron chi connectivity index (χ2n) is 7.71. The third-order valence-corrected chi connectivity index (χ3v) is 5.90. The molecule has 0 unspecified atom stereocenters. The Morgan fingerprint density at radius 1 is 0.625 bits per heavy atom. The normalized spacial score (nSPS) is 11.3. The number of rotatable bonds is 6. The van der Waals surface area contributed by atoms with Gasteiger partial charge in [0, 0.05) is 11.8 Å². The van der Waals surface area contributed by atoms with E-state index >= 15 is 0 Å². The van der Waals surface area contributed by atoms with Crippen molar-refractivity contribution in [3.05, 3.63) is 144 Å². The molecule has 0 aliphatic heterocycles. The van der Waals surface area contributed by atoms with Gasteiger partial charge in [-0.05, 0) is 34.4 Å². The third-order valence-electron chi connectivity index (χ3n) is 5.90. The summed E-state index contributed by atoms with van der Waals surface area (Å²) in [5.41, 5.74) is 4.95. The summed E-state index contributed by atoms with van der Waals surface area (Å²) in [6, 6.07) is 39.8. The molecule has 5 rings (SSSR count). The minimum atomic E-state index is -0.610. The summed E-state index contributed by atoms with van der Waals surface area (Å²) >= 11 is 0. The van der Waals surface area contributed by atoms with E-state index in [0.29, 0.717) is 0 Å². The van der Waals surface area contributed by atoms with E-state index in [1.54, 1.807) is 7.11 Å². The molecule has 32 heavy (non-hydrogen) atoms. The SMILES string of the molecule is COc1cccc(-c2cnn(C(c3ccccc3)(c3ccccc3)c3ccccc3)c2)c1. The summed E-state index contributed by atoms with van der Waals surface area (Å²) in [5.74, 6) is 0.829. The highest BCUT2D eigenvalue weighted by molar-refractivity contribution is 5.64. The van der Waals surface area contributed by atoms with Crippen molar-refractivity contribution < 1.29 is 4.74 Å². The lowest BCUT2D eigenvalue weighted by atomic mass is 9.77. The van der Waals surface area contributed by atoms with E-state index in [2.05, 4.69) is 108 Å². The highest BCUT2D eigenvalue weighted by atomic mass is 16.5. The highest BCUT2D eigenvalue weighted by Gasteiger charge is 2.39. The van der Waals surface area contributed by atoms with Gasteiger partial charge in [-0.1, -0.05) is 103 Å². The molecule has 0 aliphatic rings. The van der Waals surface area contributed by atoms with Crippen molar-refractivity contribution in [3.63, 3.8) is 0 Å². The molecule has 0 aliphatic carbocycles. The fraction of sp³-hybridized carbons (Fsp3) is 0.0690. The number of hydrogen-bond acceptors (Lipinski definition) is 2. The summed E-state index contributed by atoms with van der Waals surface area (Å²) < 4.78 is 7.52. The lowest BCUT2D eigenvalue weighted by molar-refractivity contribution is 0.415. The molecule has 0 spiro atoms. The van der Waals surface area contributed by atoms with E-state index < -0.39 is 5.54 Å². The van der Waals surface area contributed by atoms with Gasteiger partial charge in [-0.3, -0.25) is 4.68 Å². The van der Waals surface area contributed by atoms with Crippen molar-refractivity contribution in [1.29, 1.82) is 0 Å². The molecular formula is C29H24N2O. The number of hydrogen-bond donors (Lipinski definition) is 0. The quantitative estimate of drug-likeness (QED) is 0.300. The molecule has 1 aromatic heterocycles. The molecule has 3 nitrogen and oxygen atoms in total. The molecule has 156 valence electrons. The van der Waals surface area contributed by atoms with Gasteiger partial charge in [0.25, 0.3) is 0 Å². The average molecular weight is 417 g/mol.